The van der Waals surface area contributed by atoms with E-state index < -0.39 is 11.9 Å². The van der Waals surface area contributed by atoms with Crippen molar-refractivity contribution in [1.29, 1.82) is 0 Å². The number of carbonyl (C=O) groups excluding carboxylic acids is 3. The summed E-state index contributed by atoms with van der Waals surface area (Å²) in [5, 5.41) is 12.7. The number of hydrogen-bond donors (Lipinski definition) is 2. The number of nitrogens with one attached hydrogen (secondary N) is 1. The van der Waals surface area contributed by atoms with Crippen LogP contribution >= 0.6 is 0 Å². The quantitative estimate of drug-likeness (QED) is 0.219. The van der Waals surface area contributed by atoms with E-state index in [1.807, 2.05) is 30.3 Å². The third kappa shape index (κ3) is 6.75. The molecule has 2 N–H and O–H groups in total. The summed E-state index contributed by atoms with van der Waals surface area (Å²) in [6, 6.07) is 23.5. The monoisotopic (exact) mass is 799 g/mol. The third-order valence-electron chi connectivity index (χ3n) is 13.8. The summed E-state index contributed by atoms with van der Waals surface area (Å²) in [5.74, 6) is 0.567. The summed E-state index contributed by atoms with van der Waals surface area (Å²) < 4.78 is 28.9. The Labute approximate surface area is 343 Å². The number of piperidine rings is 2. The molecule has 3 fully saturated rings. The van der Waals surface area contributed by atoms with Gasteiger partial charge >= 0.3 is 0 Å². The van der Waals surface area contributed by atoms with Crippen LogP contribution in [0.4, 0.5) is 15.8 Å². The van der Waals surface area contributed by atoms with Crippen LogP contribution in [0, 0.1) is 11.7 Å². The number of rotatable bonds is 7. The molecule has 1 aliphatic carbocycles. The van der Waals surface area contributed by atoms with E-state index >= 15 is 4.39 Å². The Morgan fingerprint density at radius 2 is 1.66 bits per heavy atom. The first-order chi connectivity index (χ1) is 28.7. The number of carbonyl (C=O) groups is 3. The Bertz CT molecular complexity index is 2310. The predicted octanol–water partition coefficient (Wildman–Crippen LogP) is 5.96. The maximum Gasteiger partial charge on any atom is 0.255 e. The average molecular weight is 800 g/mol. The highest BCUT2D eigenvalue weighted by Crippen LogP contribution is 2.51. The van der Waals surface area contributed by atoms with Gasteiger partial charge in [-0.15, -0.1) is 0 Å². The number of imide groups is 1. The van der Waals surface area contributed by atoms with Crippen LogP contribution < -0.4 is 24.6 Å². The number of amides is 3. The molecule has 59 heavy (non-hydrogen) atoms. The van der Waals surface area contributed by atoms with E-state index in [-0.39, 0.29) is 47.7 Å². The minimum Gasteiger partial charge on any atom is -0.508 e. The van der Waals surface area contributed by atoms with Gasteiger partial charge in [0.1, 0.15) is 24.1 Å². The molecule has 6 aliphatic rings. The topological polar surface area (TPSA) is 115 Å². The minimum atomic E-state index is -0.646. The van der Waals surface area contributed by atoms with Gasteiger partial charge in [-0.25, -0.2) is 4.39 Å². The van der Waals surface area contributed by atoms with E-state index in [9.17, 15) is 19.5 Å². The summed E-state index contributed by atoms with van der Waals surface area (Å²) in [6.45, 7) is 6.02. The largest absolute Gasteiger partial charge is 0.508 e. The van der Waals surface area contributed by atoms with Crippen molar-refractivity contribution in [2.24, 2.45) is 5.92 Å². The predicted molar refractivity (Wildman–Crippen MR) is 221 cm³/mol. The molecule has 10 rings (SSSR count). The number of nitrogens with zero attached hydrogens (tertiary/aromatic N) is 4. The highest BCUT2D eigenvalue weighted by atomic mass is 19.1. The number of anilines is 2. The number of phenolic OH excluding ortho intramolecular Hbond substituents is 1. The van der Waals surface area contributed by atoms with Crippen LogP contribution in [0.1, 0.15) is 82.1 Å². The van der Waals surface area contributed by atoms with Gasteiger partial charge in [-0.05, 0) is 96.5 Å². The van der Waals surface area contributed by atoms with E-state index in [1.165, 1.54) is 5.56 Å². The molecule has 5 aliphatic heterocycles. The fraction of sp³-hybridized carbons (Fsp3) is 0.426. The zero-order chi connectivity index (χ0) is 40.4. The first kappa shape index (κ1) is 37.6. The number of benzene rings is 4. The molecule has 0 spiro atoms. The van der Waals surface area contributed by atoms with Crippen LogP contribution in [-0.2, 0) is 22.6 Å². The van der Waals surface area contributed by atoms with Crippen molar-refractivity contribution in [2.45, 2.75) is 69.0 Å². The Kier molecular flexibility index (Phi) is 9.70. The second-order valence-corrected chi connectivity index (χ2v) is 17.2. The van der Waals surface area contributed by atoms with Crippen LogP contribution in [0.3, 0.4) is 0 Å². The lowest BCUT2D eigenvalue weighted by Gasteiger charge is -2.47. The van der Waals surface area contributed by atoms with Crippen molar-refractivity contribution in [3.63, 3.8) is 0 Å². The maximum absolute atomic E-state index is 16.7. The number of halogens is 1. The Hall–Kier alpha value is -5.62. The highest BCUT2D eigenvalue weighted by molar-refractivity contribution is 6.06. The molecule has 3 saturated heterocycles. The van der Waals surface area contributed by atoms with Gasteiger partial charge in [0.05, 0.1) is 24.5 Å². The van der Waals surface area contributed by atoms with Gasteiger partial charge in [0.25, 0.3) is 5.91 Å². The summed E-state index contributed by atoms with van der Waals surface area (Å²) in [4.78, 5) is 46.4. The Morgan fingerprint density at radius 3 is 2.46 bits per heavy atom. The molecule has 4 aromatic rings. The molecule has 4 atom stereocenters. The molecule has 11 nitrogen and oxygen atoms in total. The fourth-order valence-corrected chi connectivity index (χ4v) is 10.9. The molecule has 4 aromatic carbocycles. The molecule has 0 saturated carbocycles. The zero-order valence-corrected chi connectivity index (χ0v) is 33.4. The van der Waals surface area contributed by atoms with E-state index in [4.69, 9.17) is 9.47 Å². The molecular formula is C47H50FN5O6. The lowest BCUT2D eigenvalue weighted by atomic mass is 9.69. The third-order valence-corrected chi connectivity index (χ3v) is 13.8. The normalized spacial score (nSPS) is 24.5. The van der Waals surface area contributed by atoms with Crippen molar-refractivity contribution < 1.29 is 33.4 Å². The first-order valence-electron chi connectivity index (χ1n) is 21.2. The number of phenols is 1. The van der Waals surface area contributed by atoms with Gasteiger partial charge in [-0.1, -0.05) is 42.5 Å². The van der Waals surface area contributed by atoms with E-state index in [0.717, 1.165) is 92.9 Å². The van der Waals surface area contributed by atoms with Crippen molar-refractivity contribution in [1.82, 2.24) is 15.1 Å². The van der Waals surface area contributed by atoms with Crippen LogP contribution in [0.5, 0.6) is 17.2 Å². The van der Waals surface area contributed by atoms with Gasteiger partial charge in [-0.3, -0.25) is 24.6 Å². The first-order valence-corrected chi connectivity index (χ1v) is 21.2. The lowest BCUT2D eigenvalue weighted by Crippen LogP contribution is -2.58. The van der Waals surface area contributed by atoms with Crippen LogP contribution in [0.25, 0.3) is 0 Å². The fourth-order valence-electron chi connectivity index (χ4n) is 10.9. The zero-order valence-electron chi connectivity index (χ0n) is 33.4. The molecule has 12 heteroatoms. The number of fused-ring (bicyclic) bond motifs is 5. The highest BCUT2D eigenvalue weighted by Gasteiger charge is 2.42. The number of hydrogen-bond acceptors (Lipinski definition) is 9. The van der Waals surface area contributed by atoms with Crippen molar-refractivity contribution in [3.05, 3.63) is 112 Å². The van der Waals surface area contributed by atoms with Gasteiger partial charge in [-0.2, -0.15) is 0 Å². The van der Waals surface area contributed by atoms with Gasteiger partial charge in [0.15, 0.2) is 11.6 Å². The maximum atomic E-state index is 16.7. The number of aryl methyl sites for hydroxylation is 1. The van der Waals surface area contributed by atoms with E-state index in [2.05, 4.69) is 56.4 Å². The summed E-state index contributed by atoms with van der Waals surface area (Å²) in [6.07, 6.45) is 4.22. The van der Waals surface area contributed by atoms with E-state index in [1.54, 1.807) is 18.1 Å². The van der Waals surface area contributed by atoms with Crippen molar-refractivity contribution in [3.8, 4) is 17.2 Å². The van der Waals surface area contributed by atoms with Crippen LogP contribution in [0.15, 0.2) is 72.8 Å². The number of ether oxygens (including phenoxy) is 2. The second kappa shape index (κ2) is 15.2. The number of aromatic hydroxyl groups is 1. The Morgan fingerprint density at radius 1 is 0.847 bits per heavy atom. The summed E-state index contributed by atoms with van der Waals surface area (Å²) in [7, 11) is 1.57. The summed E-state index contributed by atoms with van der Waals surface area (Å²) >= 11 is 0. The van der Waals surface area contributed by atoms with Gasteiger partial charge in [0.2, 0.25) is 11.8 Å². The smallest absolute Gasteiger partial charge is 0.255 e. The molecule has 0 radical (unpaired) electrons. The van der Waals surface area contributed by atoms with Crippen molar-refractivity contribution >= 4 is 29.1 Å². The SMILES string of the molecule is COc1c([C@@H]2c3ccc(O)cc3CC[C@@H]2c2ccccc2)ccc(N2CCC(CN3CCN4c5cc6c(cc5OC[C@@H]4C3)C(=O)N(C3CCC(=O)NC3=O)C6)CC2)c1F. The molecule has 0 bridgehead atoms. The molecule has 3 amide bonds. The van der Waals surface area contributed by atoms with Crippen LogP contribution in [-0.4, -0.2) is 97.7 Å². The number of methoxy groups -OCH3 is 1. The van der Waals surface area contributed by atoms with Gasteiger partial charge in [0, 0.05) is 69.3 Å². The molecule has 5 heterocycles. The van der Waals surface area contributed by atoms with Crippen LogP contribution in [0.2, 0.25) is 0 Å². The lowest BCUT2D eigenvalue weighted by molar-refractivity contribution is -0.136. The van der Waals surface area contributed by atoms with E-state index in [0.29, 0.717) is 48.2 Å². The minimum absolute atomic E-state index is 0.116. The van der Waals surface area contributed by atoms with Gasteiger partial charge < -0.3 is 29.3 Å². The van der Waals surface area contributed by atoms with Crippen molar-refractivity contribution in [2.75, 3.05) is 62.8 Å². The standard InChI is InChI=1S/C47H50FN5O6/c1-58-45-36(43-34(29-5-3-2-4-6-29)9-7-30-21-33(54)8-10-35(30)43)11-12-38(44(45)48)51-17-15-28(16-18-51)24-50-19-20-52-32(26-50)27-59-41-23-37-31(22-40(41)52)25-53(47(37)57)39-13-14-42(55)49-46(39)56/h2-6,8,10-12,21-23,28,32,34,39,43,54H,7,9,13-20,24-27H2,1H3,(H,49,55,56)/t32-,34+,39?,43-/m0/s1. The number of piperazine rings is 1. The average Bonchev–Trinajstić information content (AvgIpc) is 3.57. The molecule has 1 unspecified atom stereocenters. The summed E-state index contributed by atoms with van der Waals surface area (Å²) in [5.41, 5.74) is 7.30. The molecule has 0 aromatic heterocycles. The molecule has 306 valence electrons. The molecular weight excluding hydrogens is 750 g/mol. The Balaban J connectivity index is 0.792. The second-order valence-electron chi connectivity index (χ2n) is 17.2.